The summed E-state index contributed by atoms with van der Waals surface area (Å²) >= 11 is 0. The fourth-order valence-electron chi connectivity index (χ4n) is 2.85. The van der Waals surface area contributed by atoms with E-state index in [4.69, 9.17) is 16.2 Å². The van der Waals surface area contributed by atoms with Crippen molar-refractivity contribution in [1.82, 2.24) is 10.6 Å². The van der Waals surface area contributed by atoms with Crippen LogP contribution in [0.5, 0.6) is 0 Å². The lowest BCUT2D eigenvalue weighted by Crippen LogP contribution is -2.35. The molecule has 0 unspecified atom stereocenters. The van der Waals surface area contributed by atoms with E-state index in [0.717, 1.165) is 24.2 Å². The van der Waals surface area contributed by atoms with Gasteiger partial charge < -0.3 is 26.8 Å². The molecule has 1 rings (SSSR count). The molecule has 1 amide bonds. The molecule has 188 valence electrons. The minimum atomic E-state index is -0.241. The van der Waals surface area contributed by atoms with Crippen LogP contribution in [0.15, 0.2) is 34.5 Å². The van der Waals surface area contributed by atoms with E-state index in [2.05, 4.69) is 41.6 Å². The number of benzene rings is 1. The molecular formula is C25H46N6O2. The van der Waals surface area contributed by atoms with Crippen molar-refractivity contribution in [3.8, 4) is 0 Å². The van der Waals surface area contributed by atoms with Crippen LogP contribution in [0.2, 0.25) is 0 Å². The summed E-state index contributed by atoms with van der Waals surface area (Å²) in [5.74, 6) is 0.627. The highest BCUT2D eigenvalue weighted by Crippen LogP contribution is 2.23. The quantitative estimate of drug-likeness (QED) is 0.203. The number of carbonyl (C=O) groups is 1. The molecule has 0 aliphatic carbocycles. The van der Waals surface area contributed by atoms with Gasteiger partial charge in [-0.05, 0) is 24.4 Å². The third-order valence-electron chi connectivity index (χ3n) is 4.53. The van der Waals surface area contributed by atoms with E-state index in [0.29, 0.717) is 32.0 Å². The molecule has 0 heterocycles. The van der Waals surface area contributed by atoms with Gasteiger partial charge in [-0.15, -0.1) is 10.2 Å². The van der Waals surface area contributed by atoms with E-state index < -0.39 is 0 Å². The lowest BCUT2D eigenvalue weighted by molar-refractivity contribution is -0.124. The molecule has 1 aromatic rings. The zero-order valence-corrected chi connectivity index (χ0v) is 21.9. The van der Waals surface area contributed by atoms with Crippen LogP contribution >= 0.6 is 0 Å². The van der Waals surface area contributed by atoms with Crippen molar-refractivity contribution in [3.63, 3.8) is 0 Å². The SMILES string of the molecule is CC.CCNCC(C)(C)COCC(C)(C)CC(=O)NCc1ccc(/C(N)=N/N=C(/C)N)cc1. The number of nitrogens with two attached hydrogens (primary N) is 2. The molecule has 0 aliphatic rings. The smallest absolute Gasteiger partial charge is 0.220 e. The van der Waals surface area contributed by atoms with Crippen LogP contribution in [0.1, 0.15) is 72.9 Å². The third kappa shape index (κ3) is 14.3. The number of hydrogen-bond donors (Lipinski definition) is 4. The van der Waals surface area contributed by atoms with Crippen molar-refractivity contribution >= 4 is 17.6 Å². The summed E-state index contributed by atoms with van der Waals surface area (Å²) in [6.45, 7) is 19.7. The van der Waals surface area contributed by atoms with Gasteiger partial charge in [0.25, 0.3) is 0 Å². The van der Waals surface area contributed by atoms with Crippen LogP contribution in [-0.4, -0.2) is 43.9 Å². The maximum atomic E-state index is 12.4. The van der Waals surface area contributed by atoms with Crippen LogP contribution in [0, 0.1) is 10.8 Å². The molecule has 0 aliphatic heterocycles. The van der Waals surface area contributed by atoms with Gasteiger partial charge in [0, 0.05) is 30.5 Å². The lowest BCUT2D eigenvalue weighted by Gasteiger charge is -2.29. The molecule has 0 spiro atoms. The number of rotatable bonds is 13. The minimum absolute atomic E-state index is 0.00146. The maximum absolute atomic E-state index is 12.4. The van der Waals surface area contributed by atoms with Crippen LogP contribution in [0.25, 0.3) is 0 Å². The number of carbonyl (C=O) groups excluding carboxylic acids is 1. The first-order valence-corrected chi connectivity index (χ1v) is 11.7. The fourth-order valence-corrected chi connectivity index (χ4v) is 2.85. The Hall–Kier alpha value is -2.45. The van der Waals surface area contributed by atoms with Gasteiger partial charge in [0.1, 0.15) is 5.84 Å². The van der Waals surface area contributed by atoms with Gasteiger partial charge >= 0.3 is 0 Å². The van der Waals surface area contributed by atoms with Crippen LogP contribution in [-0.2, 0) is 16.1 Å². The molecular weight excluding hydrogens is 416 g/mol. The van der Waals surface area contributed by atoms with Gasteiger partial charge in [-0.3, -0.25) is 4.79 Å². The summed E-state index contributed by atoms with van der Waals surface area (Å²) in [4.78, 5) is 12.4. The Labute approximate surface area is 200 Å². The van der Waals surface area contributed by atoms with Crippen molar-refractivity contribution in [3.05, 3.63) is 35.4 Å². The van der Waals surface area contributed by atoms with Gasteiger partial charge in [0.15, 0.2) is 5.84 Å². The molecule has 0 bridgehead atoms. The monoisotopic (exact) mass is 462 g/mol. The Morgan fingerprint density at radius 1 is 1.00 bits per heavy atom. The molecule has 0 radical (unpaired) electrons. The van der Waals surface area contributed by atoms with Crippen LogP contribution in [0.3, 0.4) is 0 Å². The Morgan fingerprint density at radius 3 is 2.12 bits per heavy atom. The van der Waals surface area contributed by atoms with Crippen LogP contribution in [0.4, 0.5) is 0 Å². The molecule has 0 saturated heterocycles. The predicted octanol–water partition coefficient (Wildman–Crippen LogP) is 3.40. The number of amidine groups is 2. The number of amides is 1. The Bertz CT molecular complexity index is 751. The van der Waals surface area contributed by atoms with Crippen molar-refractivity contribution in [1.29, 1.82) is 0 Å². The molecule has 8 nitrogen and oxygen atoms in total. The average Bonchev–Trinajstić information content (AvgIpc) is 2.75. The molecule has 0 fully saturated rings. The molecule has 1 aromatic carbocycles. The van der Waals surface area contributed by atoms with Crippen molar-refractivity contribution < 1.29 is 9.53 Å². The number of ether oxygens (including phenoxy) is 1. The van der Waals surface area contributed by atoms with Crippen molar-refractivity contribution in [2.24, 2.45) is 32.5 Å². The Kier molecular flexibility index (Phi) is 14.3. The minimum Gasteiger partial charge on any atom is -0.386 e. The summed E-state index contributed by atoms with van der Waals surface area (Å²) < 4.78 is 5.93. The predicted molar refractivity (Wildman–Crippen MR) is 139 cm³/mol. The van der Waals surface area contributed by atoms with Gasteiger partial charge in [0.05, 0.1) is 13.2 Å². The van der Waals surface area contributed by atoms with Crippen molar-refractivity contribution in [2.45, 2.75) is 68.4 Å². The summed E-state index contributed by atoms with van der Waals surface area (Å²) in [5, 5.41) is 13.9. The van der Waals surface area contributed by atoms with Gasteiger partial charge in [-0.2, -0.15) is 0 Å². The highest BCUT2D eigenvalue weighted by Gasteiger charge is 2.24. The summed E-state index contributed by atoms with van der Waals surface area (Å²) in [5.41, 5.74) is 12.9. The van der Waals surface area contributed by atoms with E-state index in [1.807, 2.05) is 52.0 Å². The molecule has 0 saturated carbocycles. The average molecular weight is 463 g/mol. The van der Waals surface area contributed by atoms with E-state index >= 15 is 0 Å². The highest BCUT2D eigenvalue weighted by atomic mass is 16.5. The molecule has 8 heteroatoms. The van der Waals surface area contributed by atoms with Gasteiger partial charge in [-0.25, -0.2) is 0 Å². The normalized spacial score (nSPS) is 12.7. The number of hydrogen-bond acceptors (Lipinski definition) is 5. The lowest BCUT2D eigenvalue weighted by atomic mass is 9.89. The topological polar surface area (TPSA) is 127 Å². The molecule has 0 aromatic heterocycles. The summed E-state index contributed by atoms with van der Waals surface area (Å²) in [7, 11) is 0. The highest BCUT2D eigenvalue weighted by molar-refractivity contribution is 5.97. The third-order valence-corrected chi connectivity index (χ3v) is 4.53. The zero-order valence-electron chi connectivity index (χ0n) is 21.9. The second kappa shape index (κ2) is 15.4. The van der Waals surface area contributed by atoms with Crippen LogP contribution < -0.4 is 22.1 Å². The van der Waals surface area contributed by atoms with E-state index in [1.54, 1.807) is 6.92 Å². The van der Waals surface area contributed by atoms with Gasteiger partial charge in [-0.1, -0.05) is 72.7 Å². The Morgan fingerprint density at radius 2 is 1.58 bits per heavy atom. The zero-order chi connectivity index (χ0) is 25.5. The maximum Gasteiger partial charge on any atom is 0.220 e. The molecule has 33 heavy (non-hydrogen) atoms. The number of nitrogens with zero attached hydrogens (tertiary/aromatic N) is 2. The van der Waals surface area contributed by atoms with Gasteiger partial charge in [0.2, 0.25) is 5.91 Å². The largest absolute Gasteiger partial charge is 0.386 e. The second-order valence-corrected chi connectivity index (χ2v) is 9.48. The second-order valence-electron chi connectivity index (χ2n) is 9.48. The fraction of sp³-hybridized carbons (Fsp3) is 0.640. The summed E-state index contributed by atoms with van der Waals surface area (Å²) in [6, 6.07) is 7.48. The number of nitrogens with one attached hydrogen (secondary N) is 2. The molecule has 6 N–H and O–H groups in total. The van der Waals surface area contributed by atoms with E-state index in [-0.39, 0.29) is 22.6 Å². The van der Waals surface area contributed by atoms with E-state index in [9.17, 15) is 4.79 Å². The van der Waals surface area contributed by atoms with E-state index in [1.165, 1.54) is 0 Å². The summed E-state index contributed by atoms with van der Waals surface area (Å²) in [6.07, 6.45) is 0.398. The van der Waals surface area contributed by atoms with Crippen molar-refractivity contribution in [2.75, 3.05) is 26.3 Å². The first-order valence-electron chi connectivity index (χ1n) is 11.7. The first kappa shape index (κ1) is 30.6. The standard InChI is InChI=1S/C23H40N6O2.C2H6/c1-7-26-14-23(5,6)16-31-15-22(3,4)12-20(30)27-13-18-8-10-19(11-9-18)21(25)29-28-17(2)24;1-2/h8-11,26H,7,12-16H2,1-6H3,(H2,24,28)(H2,25,29)(H,27,30);1-2H3. The first-order chi connectivity index (χ1) is 15.4. The molecule has 0 atom stereocenters. The Balaban J connectivity index is 0.00000497.